The summed E-state index contributed by atoms with van der Waals surface area (Å²) in [5.41, 5.74) is 7.80. The third-order valence-corrected chi connectivity index (χ3v) is 4.76. The maximum atomic E-state index is 12.3. The van der Waals surface area contributed by atoms with E-state index in [1.54, 1.807) is 24.3 Å². The van der Waals surface area contributed by atoms with Gasteiger partial charge in [-0.15, -0.1) is 0 Å². The van der Waals surface area contributed by atoms with Crippen LogP contribution in [0.15, 0.2) is 52.4 Å². The van der Waals surface area contributed by atoms with Crippen molar-refractivity contribution in [1.29, 1.82) is 0 Å². The van der Waals surface area contributed by atoms with Gasteiger partial charge >= 0.3 is 0 Å². The van der Waals surface area contributed by atoms with E-state index in [4.69, 9.17) is 15.2 Å². The molecule has 2 amide bonds. The van der Waals surface area contributed by atoms with E-state index in [9.17, 15) is 9.59 Å². The first-order valence-electron chi connectivity index (χ1n) is 8.99. The molecule has 1 heterocycles. The zero-order valence-corrected chi connectivity index (χ0v) is 16.9. The van der Waals surface area contributed by atoms with E-state index < -0.39 is 5.91 Å². The molecule has 0 unspecified atom stereocenters. The van der Waals surface area contributed by atoms with Gasteiger partial charge in [-0.1, -0.05) is 23.8 Å². The Labute approximate surface area is 173 Å². The molecule has 0 aliphatic carbocycles. The van der Waals surface area contributed by atoms with Crippen LogP contribution in [-0.4, -0.2) is 30.2 Å². The molecule has 3 rings (SSSR count). The molecule has 1 aliphatic rings. The van der Waals surface area contributed by atoms with Crippen molar-refractivity contribution in [2.75, 3.05) is 13.2 Å². The van der Waals surface area contributed by atoms with Gasteiger partial charge in [-0.25, -0.2) is 4.99 Å². The molecule has 0 radical (unpaired) electrons. The van der Waals surface area contributed by atoms with Crippen LogP contribution >= 0.6 is 11.8 Å². The summed E-state index contributed by atoms with van der Waals surface area (Å²) < 4.78 is 10.9. The minimum atomic E-state index is -0.571. The van der Waals surface area contributed by atoms with Gasteiger partial charge in [0, 0.05) is 0 Å². The smallest absolute Gasteiger partial charge is 0.264 e. The van der Waals surface area contributed by atoms with E-state index >= 15 is 0 Å². The Balaban J connectivity index is 1.79. The van der Waals surface area contributed by atoms with Gasteiger partial charge in [0.1, 0.15) is 0 Å². The molecule has 0 atom stereocenters. The number of hydrogen-bond acceptors (Lipinski definition) is 6. The monoisotopic (exact) mass is 411 g/mol. The number of hydrogen-bond donors (Lipinski definition) is 2. The number of amides is 2. The summed E-state index contributed by atoms with van der Waals surface area (Å²) in [5.74, 6) is 0.101. The fourth-order valence-electron chi connectivity index (χ4n) is 2.52. The van der Waals surface area contributed by atoms with Crippen LogP contribution in [0.4, 0.5) is 5.69 Å². The molecule has 8 heteroatoms. The van der Waals surface area contributed by atoms with Crippen molar-refractivity contribution >= 4 is 40.5 Å². The lowest BCUT2D eigenvalue weighted by Crippen LogP contribution is -2.20. The highest BCUT2D eigenvalue weighted by molar-refractivity contribution is 8.18. The maximum Gasteiger partial charge on any atom is 0.264 e. The molecule has 29 heavy (non-hydrogen) atoms. The Morgan fingerprint density at radius 2 is 1.93 bits per heavy atom. The largest absolute Gasteiger partial charge is 0.490 e. The maximum absolute atomic E-state index is 12.3. The van der Waals surface area contributed by atoms with E-state index in [1.807, 2.05) is 38.1 Å². The molecule has 2 aromatic rings. The molecule has 7 nitrogen and oxygen atoms in total. The fraction of sp³-hybridized carbons (Fsp3) is 0.190. The Kier molecular flexibility index (Phi) is 6.56. The van der Waals surface area contributed by atoms with Gasteiger partial charge in [0.2, 0.25) is 0 Å². The number of nitrogens with one attached hydrogen (secondary N) is 1. The SMILES string of the molecule is CCOc1cc(/C=C2/SC(=Nc3ccc(C)cc3)NC2=O)ccc1OCC(N)=O. The molecule has 0 spiro atoms. The minimum Gasteiger partial charge on any atom is -0.490 e. The quantitative estimate of drug-likeness (QED) is 0.682. The number of benzene rings is 2. The molecule has 1 fully saturated rings. The van der Waals surface area contributed by atoms with Crippen LogP contribution in [0, 0.1) is 6.92 Å². The molecular weight excluding hydrogens is 390 g/mol. The van der Waals surface area contributed by atoms with Gasteiger partial charge in [-0.05, 0) is 61.5 Å². The van der Waals surface area contributed by atoms with Crippen molar-refractivity contribution in [3.8, 4) is 11.5 Å². The fourth-order valence-corrected chi connectivity index (χ4v) is 3.36. The van der Waals surface area contributed by atoms with Crippen molar-refractivity contribution in [3.05, 3.63) is 58.5 Å². The topological polar surface area (TPSA) is 103 Å². The molecular formula is C21H21N3O4S. The van der Waals surface area contributed by atoms with Crippen LogP contribution < -0.4 is 20.5 Å². The Hall–Kier alpha value is -3.26. The lowest BCUT2D eigenvalue weighted by molar-refractivity contribution is -0.120. The highest BCUT2D eigenvalue weighted by Crippen LogP contribution is 2.32. The van der Waals surface area contributed by atoms with E-state index in [1.165, 1.54) is 11.8 Å². The van der Waals surface area contributed by atoms with Gasteiger partial charge in [-0.3, -0.25) is 9.59 Å². The van der Waals surface area contributed by atoms with Gasteiger partial charge in [-0.2, -0.15) is 0 Å². The normalized spacial score (nSPS) is 16.1. The summed E-state index contributed by atoms with van der Waals surface area (Å²) in [6.07, 6.45) is 1.75. The van der Waals surface area contributed by atoms with E-state index in [-0.39, 0.29) is 12.5 Å². The molecule has 1 aliphatic heterocycles. The number of carbonyl (C=O) groups is 2. The first-order valence-corrected chi connectivity index (χ1v) is 9.80. The first-order chi connectivity index (χ1) is 13.9. The number of carbonyl (C=O) groups excluding carboxylic acids is 2. The van der Waals surface area contributed by atoms with Crippen LogP contribution in [0.5, 0.6) is 11.5 Å². The number of aliphatic imine (C=N–C) groups is 1. The molecule has 3 N–H and O–H groups in total. The summed E-state index contributed by atoms with van der Waals surface area (Å²) >= 11 is 1.27. The first kappa shape index (κ1) is 20.5. The molecule has 2 aromatic carbocycles. The van der Waals surface area contributed by atoms with E-state index in [0.717, 1.165) is 16.8 Å². The van der Waals surface area contributed by atoms with Crippen LogP contribution in [0.1, 0.15) is 18.1 Å². The Morgan fingerprint density at radius 3 is 2.62 bits per heavy atom. The summed E-state index contributed by atoms with van der Waals surface area (Å²) in [5, 5.41) is 3.29. The van der Waals surface area contributed by atoms with Gasteiger partial charge in [0.05, 0.1) is 17.2 Å². The van der Waals surface area contributed by atoms with Gasteiger partial charge < -0.3 is 20.5 Å². The number of amidine groups is 1. The number of ether oxygens (including phenoxy) is 2. The number of thioether (sulfide) groups is 1. The average Bonchev–Trinajstić information content (AvgIpc) is 3.02. The number of aryl methyl sites for hydroxylation is 1. The van der Waals surface area contributed by atoms with Crippen molar-refractivity contribution < 1.29 is 19.1 Å². The van der Waals surface area contributed by atoms with Crippen molar-refractivity contribution in [1.82, 2.24) is 5.32 Å². The van der Waals surface area contributed by atoms with Crippen LogP contribution in [0.3, 0.4) is 0 Å². The lowest BCUT2D eigenvalue weighted by Gasteiger charge is -2.11. The lowest BCUT2D eigenvalue weighted by atomic mass is 10.2. The molecule has 0 saturated carbocycles. The number of nitrogens with zero attached hydrogens (tertiary/aromatic N) is 1. The Bertz CT molecular complexity index is 984. The third-order valence-electron chi connectivity index (χ3n) is 3.85. The van der Waals surface area contributed by atoms with Crippen molar-refractivity contribution in [2.24, 2.45) is 10.7 Å². The molecule has 1 saturated heterocycles. The van der Waals surface area contributed by atoms with Crippen LogP contribution in [0.2, 0.25) is 0 Å². The summed E-state index contributed by atoms with van der Waals surface area (Å²) in [7, 11) is 0. The number of nitrogens with two attached hydrogens (primary N) is 1. The molecule has 0 bridgehead atoms. The predicted molar refractivity (Wildman–Crippen MR) is 114 cm³/mol. The van der Waals surface area contributed by atoms with Gasteiger partial charge in [0.25, 0.3) is 11.8 Å². The highest BCUT2D eigenvalue weighted by Gasteiger charge is 2.24. The van der Waals surface area contributed by atoms with E-state index in [0.29, 0.717) is 28.2 Å². The molecule has 0 aromatic heterocycles. The van der Waals surface area contributed by atoms with E-state index in [2.05, 4.69) is 10.3 Å². The van der Waals surface area contributed by atoms with Crippen molar-refractivity contribution in [3.63, 3.8) is 0 Å². The standard InChI is InChI=1S/C21H21N3O4S/c1-3-27-17-10-14(6-9-16(17)28-12-19(22)25)11-18-20(26)24-21(29-18)23-15-7-4-13(2)5-8-15/h4-11H,3,12H2,1-2H3,(H2,22,25)(H,23,24,26)/b18-11+. The van der Waals surface area contributed by atoms with Crippen LogP contribution in [0.25, 0.3) is 6.08 Å². The zero-order valence-electron chi connectivity index (χ0n) is 16.1. The summed E-state index contributed by atoms with van der Waals surface area (Å²) in [6.45, 7) is 4.04. The predicted octanol–water partition coefficient (Wildman–Crippen LogP) is 3.15. The third kappa shape index (κ3) is 5.61. The second-order valence-electron chi connectivity index (χ2n) is 6.21. The second-order valence-corrected chi connectivity index (χ2v) is 7.24. The van der Waals surface area contributed by atoms with Crippen molar-refractivity contribution in [2.45, 2.75) is 13.8 Å². The average molecular weight is 411 g/mol. The minimum absolute atomic E-state index is 0.215. The summed E-state index contributed by atoms with van der Waals surface area (Å²) in [6, 6.07) is 12.9. The highest BCUT2D eigenvalue weighted by atomic mass is 32.2. The van der Waals surface area contributed by atoms with Gasteiger partial charge in [0.15, 0.2) is 23.3 Å². The molecule has 150 valence electrons. The van der Waals surface area contributed by atoms with Crippen LogP contribution in [-0.2, 0) is 9.59 Å². The number of rotatable bonds is 7. The summed E-state index contributed by atoms with van der Waals surface area (Å²) in [4.78, 5) is 28.2. The number of primary amides is 1. The Morgan fingerprint density at radius 1 is 1.17 bits per heavy atom. The second kappa shape index (κ2) is 9.29. The zero-order chi connectivity index (χ0) is 20.8.